The number of benzene rings is 1. The summed E-state index contributed by atoms with van der Waals surface area (Å²) in [6.45, 7) is 1.94. The van der Waals surface area contributed by atoms with Crippen LogP contribution in [0.3, 0.4) is 0 Å². The number of hydrogen-bond donors (Lipinski definition) is 2. The topological polar surface area (TPSA) is 57.4 Å². The van der Waals surface area contributed by atoms with E-state index in [0.717, 1.165) is 33.8 Å². The number of aromatic nitrogens is 4. The summed E-state index contributed by atoms with van der Waals surface area (Å²) in [5, 5.41) is 1.21. The average molecular weight is 248 g/mol. The molecule has 19 heavy (non-hydrogen) atoms. The first-order chi connectivity index (χ1) is 9.31. The van der Waals surface area contributed by atoms with Crippen molar-refractivity contribution in [2.75, 3.05) is 0 Å². The zero-order valence-electron chi connectivity index (χ0n) is 10.4. The molecule has 4 rings (SSSR count). The lowest BCUT2D eigenvalue weighted by molar-refractivity contribution is 1.16. The lowest BCUT2D eigenvalue weighted by atomic mass is 10.1. The van der Waals surface area contributed by atoms with Gasteiger partial charge in [0, 0.05) is 28.4 Å². The number of para-hydroxylation sites is 1. The molecule has 0 bridgehead atoms. The summed E-state index contributed by atoms with van der Waals surface area (Å²) in [6, 6.07) is 12.4. The van der Waals surface area contributed by atoms with Crippen LogP contribution in [0.25, 0.3) is 33.3 Å². The standard InChI is InChI=1S/C15H12N4/c1-9-17-14-11(6-7-16-15(14)18-9)13-8-10-4-2-3-5-12(10)19-13/h2-8,19H,1H3,(H,16,17,18). The minimum absolute atomic E-state index is 0.758. The molecule has 92 valence electrons. The number of nitrogens with one attached hydrogen (secondary N) is 2. The van der Waals surface area contributed by atoms with Crippen LogP contribution >= 0.6 is 0 Å². The lowest BCUT2D eigenvalue weighted by Crippen LogP contribution is -1.82. The van der Waals surface area contributed by atoms with Crippen LogP contribution < -0.4 is 0 Å². The minimum Gasteiger partial charge on any atom is -0.354 e. The fraction of sp³-hybridized carbons (Fsp3) is 0.0667. The second-order valence-electron chi connectivity index (χ2n) is 4.65. The third-order valence-electron chi connectivity index (χ3n) is 3.33. The van der Waals surface area contributed by atoms with Gasteiger partial charge in [-0.15, -0.1) is 0 Å². The summed E-state index contributed by atoms with van der Waals surface area (Å²) in [5.74, 6) is 0.881. The Morgan fingerprint density at radius 2 is 1.95 bits per heavy atom. The molecule has 4 heteroatoms. The third-order valence-corrected chi connectivity index (χ3v) is 3.33. The highest BCUT2D eigenvalue weighted by molar-refractivity contribution is 5.93. The maximum absolute atomic E-state index is 4.37. The normalized spacial score (nSPS) is 11.4. The molecule has 0 aliphatic rings. The van der Waals surface area contributed by atoms with Gasteiger partial charge in [-0.05, 0) is 25.1 Å². The first kappa shape index (κ1) is 10.3. The molecule has 1 aromatic carbocycles. The van der Waals surface area contributed by atoms with E-state index in [9.17, 15) is 0 Å². The fourth-order valence-electron chi connectivity index (χ4n) is 2.47. The molecule has 0 saturated carbocycles. The van der Waals surface area contributed by atoms with E-state index >= 15 is 0 Å². The number of aryl methyl sites for hydroxylation is 1. The molecule has 0 unspecified atom stereocenters. The van der Waals surface area contributed by atoms with Crippen LogP contribution in [-0.4, -0.2) is 19.9 Å². The molecular weight excluding hydrogens is 236 g/mol. The first-order valence-electron chi connectivity index (χ1n) is 6.21. The molecule has 3 heterocycles. The van der Waals surface area contributed by atoms with E-state index < -0.39 is 0 Å². The highest BCUT2D eigenvalue weighted by Crippen LogP contribution is 2.28. The molecule has 0 fully saturated rings. The van der Waals surface area contributed by atoms with E-state index in [-0.39, 0.29) is 0 Å². The average Bonchev–Trinajstić information content (AvgIpc) is 2.99. The molecule has 0 atom stereocenters. The SMILES string of the molecule is Cc1nc2nccc(-c3cc4ccccc4[nH]3)c2[nH]1. The Kier molecular flexibility index (Phi) is 2.00. The molecule has 0 amide bonds. The van der Waals surface area contributed by atoms with Gasteiger partial charge in [0.2, 0.25) is 0 Å². The number of nitrogens with zero attached hydrogens (tertiary/aromatic N) is 2. The number of pyridine rings is 1. The van der Waals surface area contributed by atoms with Crippen molar-refractivity contribution >= 4 is 22.1 Å². The van der Waals surface area contributed by atoms with E-state index in [1.165, 1.54) is 5.39 Å². The Morgan fingerprint density at radius 3 is 2.84 bits per heavy atom. The predicted octanol–water partition coefficient (Wildman–Crippen LogP) is 3.41. The maximum Gasteiger partial charge on any atom is 0.178 e. The van der Waals surface area contributed by atoms with Gasteiger partial charge in [0.15, 0.2) is 5.65 Å². The predicted molar refractivity (Wildman–Crippen MR) is 75.9 cm³/mol. The van der Waals surface area contributed by atoms with Gasteiger partial charge in [0.25, 0.3) is 0 Å². The highest BCUT2D eigenvalue weighted by Gasteiger charge is 2.10. The summed E-state index contributed by atoms with van der Waals surface area (Å²) < 4.78 is 0. The minimum atomic E-state index is 0.758. The third kappa shape index (κ3) is 1.53. The van der Waals surface area contributed by atoms with Crippen LogP contribution in [0.2, 0.25) is 0 Å². The highest BCUT2D eigenvalue weighted by atomic mass is 15.0. The first-order valence-corrected chi connectivity index (χ1v) is 6.21. The van der Waals surface area contributed by atoms with Crippen LogP contribution in [-0.2, 0) is 0 Å². The summed E-state index contributed by atoms with van der Waals surface area (Å²) >= 11 is 0. The van der Waals surface area contributed by atoms with Crippen molar-refractivity contribution in [3.63, 3.8) is 0 Å². The van der Waals surface area contributed by atoms with Crippen molar-refractivity contribution in [3.05, 3.63) is 48.4 Å². The molecule has 0 saturated heterocycles. The van der Waals surface area contributed by atoms with Gasteiger partial charge in [0.1, 0.15) is 5.82 Å². The van der Waals surface area contributed by atoms with E-state index in [0.29, 0.717) is 0 Å². The zero-order chi connectivity index (χ0) is 12.8. The van der Waals surface area contributed by atoms with Crippen LogP contribution in [0.5, 0.6) is 0 Å². The van der Waals surface area contributed by atoms with Crippen molar-refractivity contribution in [3.8, 4) is 11.3 Å². The number of imidazole rings is 1. The van der Waals surface area contributed by atoms with Gasteiger partial charge in [-0.25, -0.2) is 9.97 Å². The van der Waals surface area contributed by atoms with Gasteiger partial charge in [0.05, 0.1) is 5.52 Å². The zero-order valence-corrected chi connectivity index (χ0v) is 10.4. The van der Waals surface area contributed by atoms with E-state index in [4.69, 9.17) is 0 Å². The van der Waals surface area contributed by atoms with Crippen molar-refractivity contribution in [2.24, 2.45) is 0 Å². The monoisotopic (exact) mass is 248 g/mol. The molecule has 0 aliphatic heterocycles. The van der Waals surface area contributed by atoms with Gasteiger partial charge >= 0.3 is 0 Å². The van der Waals surface area contributed by atoms with Crippen molar-refractivity contribution in [1.29, 1.82) is 0 Å². The number of fused-ring (bicyclic) bond motifs is 2. The summed E-state index contributed by atoms with van der Waals surface area (Å²) in [4.78, 5) is 15.4. The number of hydrogen-bond acceptors (Lipinski definition) is 2. The van der Waals surface area contributed by atoms with E-state index in [2.05, 4.69) is 38.1 Å². The molecule has 0 spiro atoms. The van der Waals surface area contributed by atoms with Gasteiger partial charge in [-0.1, -0.05) is 18.2 Å². The van der Waals surface area contributed by atoms with Gasteiger partial charge in [-0.2, -0.15) is 0 Å². The van der Waals surface area contributed by atoms with Gasteiger partial charge < -0.3 is 9.97 Å². The molecule has 0 radical (unpaired) electrons. The Hall–Kier alpha value is -2.62. The summed E-state index contributed by atoms with van der Waals surface area (Å²) in [5.41, 5.74) is 5.05. The smallest absolute Gasteiger partial charge is 0.178 e. The van der Waals surface area contributed by atoms with E-state index in [1.54, 1.807) is 6.20 Å². The van der Waals surface area contributed by atoms with Gasteiger partial charge in [-0.3, -0.25) is 0 Å². The summed E-state index contributed by atoms with van der Waals surface area (Å²) in [6.07, 6.45) is 1.80. The number of rotatable bonds is 1. The van der Waals surface area contributed by atoms with Crippen LogP contribution in [0.4, 0.5) is 0 Å². The van der Waals surface area contributed by atoms with Crippen molar-refractivity contribution in [2.45, 2.75) is 6.92 Å². The molecule has 4 aromatic rings. The Bertz CT molecular complexity index is 852. The quantitative estimate of drug-likeness (QED) is 0.542. The molecular formula is C15H12N4. The van der Waals surface area contributed by atoms with Crippen LogP contribution in [0, 0.1) is 6.92 Å². The largest absolute Gasteiger partial charge is 0.354 e. The molecule has 0 aliphatic carbocycles. The number of H-pyrrole nitrogens is 2. The summed E-state index contributed by atoms with van der Waals surface area (Å²) in [7, 11) is 0. The Morgan fingerprint density at radius 1 is 1.05 bits per heavy atom. The molecule has 3 aromatic heterocycles. The Balaban J connectivity index is 2.03. The second-order valence-corrected chi connectivity index (χ2v) is 4.65. The molecule has 4 nitrogen and oxygen atoms in total. The number of aromatic amines is 2. The maximum atomic E-state index is 4.37. The van der Waals surface area contributed by atoms with Crippen molar-refractivity contribution < 1.29 is 0 Å². The lowest BCUT2D eigenvalue weighted by Gasteiger charge is -1.98. The molecule has 2 N–H and O–H groups in total. The van der Waals surface area contributed by atoms with Crippen LogP contribution in [0.1, 0.15) is 5.82 Å². The van der Waals surface area contributed by atoms with Crippen LogP contribution in [0.15, 0.2) is 42.6 Å². The Labute approximate surface area is 109 Å². The van der Waals surface area contributed by atoms with Crippen molar-refractivity contribution in [1.82, 2.24) is 19.9 Å². The fourth-order valence-corrected chi connectivity index (χ4v) is 2.47. The van der Waals surface area contributed by atoms with E-state index in [1.807, 2.05) is 25.1 Å². The second kappa shape index (κ2) is 3.68.